The van der Waals surface area contributed by atoms with Gasteiger partial charge in [-0.05, 0) is 17.5 Å². The third-order valence-electron chi connectivity index (χ3n) is 2.37. The summed E-state index contributed by atoms with van der Waals surface area (Å²) in [6.45, 7) is 0.565. The lowest BCUT2D eigenvalue weighted by molar-refractivity contribution is -0.134. The van der Waals surface area contributed by atoms with Crippen LogP contribution in [0.2, 0.25) is 0 Å². The molecule has 4 nitrogen and oxygen atoms in total. The quantitative estimate of drug-likeness (QED) is 0.382. The van der Waals surface area contributed by atoms with E-state index in [0.717, 1.165) is 17.5 Å². The van der Waals surface area contributed by atoms with E-state index in [1.54, 1.807) is 0 Å². The Morgan fingerprint density at radius 2 is 2.29 bits per heavy atom. The number of amides is 1. The minimum atomic E-state index is -0.551. The minimum absolute atomic E-state index is 0.294. The third kappa shape index (κ3) is 1.49. The van der Waals surface area contributed by atoms with Crippen molar-refractivity contribution in [2.45, 2.75) is 12.5 Å². The zero-order chi connectivity index (χ0) is 9.97. The van der Waals surface area contributed by atoms with E-state index in [0.29, 0.717) is 6.61 Å². The van der Waals surface area contributed by atoms with Gasteiger partial charge in [0, 0.05) is 0 Å². The summed E-state index contributed by atoms with van der Waals surface area (Å²) < 4.78 is 5.37. The molecule has 1 amide bonds. The number of benzene rings is 1. The van der Waals surface area contributed by atoms with E-state index in [2.05, 4.69) is 5.43 Å². The van der Waals surface area contributed by atoms with E-state index in [-0.39, 0.29) is 5.91 Å². The van der Waals surface area contributed by atoms with Gasteiger partial charge in [0.2, 0.25) is 0 Å². The lowest BCUT2D eigenvalue weighted by Crippen LogP contribution is -2.37. The Balaban J connectivity index is 2.35. The van der Waals surface area contributed by atoms with Gasteiger partial charge in [0.15, 0.2) is 6.10 Å². The summed E-state index contributed by atoms with van der Waals surface area (Å²) in [6.07, 6.45) is 0.301. The van der Waals surface area contributed by atoms with Crippen LogP contribution in [0.25, 0.3) is 0 Å². The van der Waals surface area contributed by atoms with Crippen LogP contribution >= 0.6 is 0 Å². The van der Waals surface area contributed by atoms with Crippen molar-refractivity contribution < 1.29 is 9.53 Å². The SMILES string of the molecule is NNC(=O)C1OCCc2ccccc21. The van der Waals surface area contributed by atoms with Gasteiger partial charge in [-0.25, -0.2) is 5.84 Å². The maximum atomic E-state index is 11.4. The van der Waals surface area contributed by atoms with Crippen LogP contribution in [-0.2, 0) is 16.0 Å². The number of nitrogens with two attached hydrogens (primary N) is 1. The normalized spacial score (nSPS) is 19.9. The molecule has 1 heterocycles. The maximum absolute atomic E-state index is 11.4. The number of fused-ring (bicyclic) bond motifs is 1. The Morgan fingerprint density at radius 1 is 1.50 bits per heavy atom. The fraction of sp³-hybridized carbons (Fsp3) is 0.300. The molecule has 0 saturated heterocycles. The minimum Gasteiger partial charge on any atom is -0.363 e. The Hall–Kier alpha value is -1.39. The first-order chi connectivity index (χ1) is 6.83. The molecule has 1 aromatic carbocycles. The number of nitrogens with one attached hydrogen (secondary N) is 1. The fourth-order valence-electron chi connectivity index (χ4n) is 1.69. The van der Waals surface area contributed by atoms with Gasteiger partial charge < -0.3 is 4.74 Å². The van der Waals surface area contributed by atoms with Gasteiger partial charge in [0.1, 0.15) is 0 Å². The average Bonchev–Trinajstić information content (AvgIpc) is 2.27. The highest BCUT2D eigenvalue weighted by atomic mass is 16.5. The van der Waals surface area contributed by atoms with E-state index in [4.69, 9.17) is 10.6 Å². The van der Waals surface area contributed by atoms with Gasteiger partial charge in [0.05, 0.1) is 6.61 Å². The van der Waals surface area contributed by atoms with Crippen molar-refractivity contribution in [2.24, 2.45) is 5.84 Å². The molecule has 0 spiro atoms. The van der Waals surface area contributed by atoms with E-state index < -0.39 is 6.10 Å². The number of hydrogen-bond acceptors (Lipinski definition) is 3. The van der Waals surface area contributed by atoms with Crippen molar-refractivity contribution in [3.05, 3.63) is 35.4 Å². The lowest BCUT2D eigenvalue weighted by atomic mass is 9.97. The molecule has 2 rings (SSSR count). The summed E-state index contributed by atoms with van der Waals surface area (Å²) in [6, 6.07) is 7.76. The molecule has 1 aliphatic rings. The second kappa shape index (κ2) is 3.77. The van der Waals surface area contributed by atoms with Crippen LogP contribution in [0.5, 0.6) is 0 Å². The molecule has 1 unspecified atom stereocenters. The predicted octanol–water partition coefficient (Wildman–Crippen LogP) is 0.290. The highest BCUT2D eigenvalue weighted by Crippen LogP contribution is 2.26. The Kier molecular flexibility index (Phi) is 2.47. The van der Waals surface area contributed by atoms with Crippen LogP contribution in [0, 0.1) is 0 Å². The van der Waals surface area contributed by atoms with Gasteiger partial charge >= 0.3 is 0 Å². The molecule has 1 atom stereocenters. The lowest BCUT2D eigenvalue weighted by Gasteiger charge is -2.24. The Morgan fingerprint density at radius 3 is 3.07 bits per heavy atom. The number of hydrazine groups is 1. The summed E-state index contributed by atoms with van der Waals surface area (Å²) in [5, 5.41) is 0. The van der Waals surface area contributed by atoms with Gasteiger partial charge in [-0.3, -0.25) is 10.2 Å². The van der Waals surface area contributed by atoms with Crippen molar-refractivity contribution in [3.63, 3.8) is 0 Å². The summed E-state index contributed by atoms with van der Waals surface area (Å²) >= 11 is 0. The first-order valence-electron chi connectivity index (χ1n) is 4.53. The highest BCUT2D eigenvalue weighted by Gasteiger charge is 2.26. The molecule has 0 radical (unpaired) electrons. The summed E-state index contributed by atoms with van der Waals surface area (Å²) in [7, 11) is 0. The molecule has 4 heteroatoms. The summed E-state index contributed by atoms with van der Waals surface area (Å²) in [5.41, 5.74) is 4.19. The van der Waals surface area contributed by atoms with Gasteiger partial charge in [-0.1, -0.05) is 24.3 Å². The number of carbonyl (C=O) groups excluding carboxylic acids is 1. The van der Waals surface area contributed by atoms with E-state index >= 15 is 0 Å². The Bertz CT molecular complexity index is 352. The first-order valence-corrected chi connectivity index (χ1v) is 4.53. The average molecular weight is 192 g/mol. The predicted molar refractivity (Wildman–Crippen MR) is 51.2 cm³/mol. The smallest absolute Gasteiger partial charge is 0.267 e. The largest absolute Gasteiger partial charge is 0.363 e. The standard InChI is InChI=1S/C10H12N2O2/c11-12-10(13)9-8-4-2-1-3-7(8)5-6-14-9/h1-4,9H,5-6,11H2,(H,12,13). The number of hydrogen-bond donors (Lipinski definition) is 2. The monoisotopic (exact) mass is 192 g/mol. The van der Waals surface area contributed by atoms with Crippen molar-refractivity contribution in [3.8, 4) is 0 Å². The first kappa shape index (κ1) is 9.18. The van der Waals surface area contributed by atoms with Gasteiger partial charge in [-0.2, -0.15) is 0 Å². The molecule has 1 aliphatic heterocycles. The highest BCUT2D eigenvalue weighted by molar-refractivity contribution is 5.82. The number of rotatable bonds is 1. The van der Waals surface area contributed by atoms with Crippen molar-refractivity contribution in [1.29, 1.82) is 0 Å². The van der Waals surface area contributed by atoms with Crippen LogP contribution in [-0.4, -0.2) is 12.5 Å². The van der Waals surface area contributed by atoms with Crippen LogP contribution < -0.4 is 11.3 Å². The Labute approximate surface area is 82.0 Å². The van der Waals surface area contributed by atoms with Crippen LogP contribution in [0.4, 0.5) is 0 Å². The number of carbonyl (C=O) groups is 1. The molecular weight excluding hydrogens is 180 g/mol. The molecule has 0 aliphatic carbocycles. The van der Waals surface area contributed by atoms with Crippen LogP contribution in [0.1, 0.15) is 17.2 Å². The maximum Gasteiger partial charge on any atom is 0.267 e. The molecule has 74 valence electrons. The van der Waals surface area contributed by atoms with E-state index in [1.165, 1.54) is 0 Å². The zero-order valence-electron chi connectivity index (χ0n) is 7.69. The molecule has 0 bridgehead atoms. The molecule has 0 fully saturated rings. The van der Waals surface area contributed by atoms with E-state index in [1.807, 2.05) is 24.3 Å². The van der Waals surface area contributed by atoms with Crippen molar-refractivity contribution >= 4 is 5.91 Å². The fourth-order valence-corrected chi connectivity index (χ4v) is 1.69. The molecule has 3 N–H and O–H groups in total. The number of ether oxygens (including phenoxy) is 1. The molecule has 0 saturated carbocycles. The topological polar surface area (TPSA) is 64.3 Å². The second-order valence-electron chi connectivity index (χ2n) is 3.21. The molecular formula is C10H12N2O2. The van der Waals surface area contributed by atoms with Crippen LogP contribution in [0.3, 0.4) is 0 Å². The second-order valence-corrected chi connectivity index (χ2v) is 3.21. The van der Waals surface area contributed by atoms with Crippen LogP contribution in [0.15, 0.2) is 24.3 Å². The van der Waals surface area contributed by atoms with Gasteiger partial charge in [0.25, 0.3) is 5.91 Å². The third-order valence-corrected chi connectivity index (χ3v) is 2.37. The molecule has 0 aromatic heterocycles. The van der Waals surface area contributed by atoms with E-state index in [9.17, 15) is 4.79 Å². The van der Waals surface area contributed by atoms with Crippen molar-refractivity contribution in [2.75, 3.05) is 6.61 Å². The molecule has 14 heavy (non-hydrogen) atoms. The zero-order valence-corrected chi connectivity index (χ0v) is 7.69. The van der Waals surface area contributed by atoms with Crippen molar-refractivity contribution in [1.82, 2.24) is 5.43 Å². The summed E-state index contributed by atoms with van der Waals surface area (Å²) in [5.74, 6) is 4.79. The molecule has 1 aromatic rings. The van der Waals surface area contributed by atoms with Gasteiger partial charge in [-0.15, -0.1) is 0 Å². The summed E-state index contributed by atoms with van der Waals surface area (Å²) in [4.78, 5) is 11.4.